The third-order valence-electron chi connectivity index (χ3n) is 5.23. The molecule has 2 aliphatic rings. The highest BCUT2D eigenvalue weighted by molar-refractivity contribution is 4.93. The first-order valence-electron chi connectivity index (χ1n) is 6.85. The minimum absolute atomic E-state index is 0.403. The van der Waals surface area contributed by atoms with Gasteiger partial charge in [-0.2, -0.15) is 0 Å². The highest BCUT2D eigenvalue weighted by Crippen LogP contribution is 2.51. The summed E-state index contributed by atoms with van der Waals surface area (Å²) in [5.74, 6) is 4.90. The van der Waals surface area contributed by atoms with Gasteiger partial charge in [-0.15, -0.1) is 0 Å². The maximum atomic E-state index is 5.98. The van der Waals surface area contributed by atoms with Gasteiger partial charge in [-0.3, -0.25) is 0 Å². The molecule has 0 spiro atoms. The molecule has 0 bridgehead atoms. The first kappa shape index (κ1) is 11.4. The second kappa shape index (κ2) is 4.45. The van der Waals surface area contributed by atoms with Crippen LogP contribution in [0.5, 0.6) is 0 Å². The SMILES string of the molecule is CC(N)CC1CCC(C)C(C)C2CCC12. The van der Waals surface area contributed by atoms with Crippen molar-refractivity contribution in [3.05, 3.63) is 0 Å². The van der Waals surface area contributed by atoms with Gasteiger partial charge < -0.3 is 5.73 Å². The first-order valence-corrected chi connectivity index (χ1v) is 6.85. The van der Waals surface area contributed by atoms with Crippen LogP contribution in [0.1, 0.15) is 52.9 Å². The van der Waals surface area contributed by atoms with Crippen LogP contribution in [0.2, 0.25) is 0 Å². The van der Waals surface area contributed by atoms with Crippen LogP contribution in [0.25, 0.3) is 0 Å². The number of hydrogen-bond donors (Lipinski definition) is 1. The lowest BCUT2D eigenvalue weighted by molar-refractivity contribution is 0.0550. The monoisotopic (exact) mass is 209 g/mol. The molecule has 2 saturated carbocycles. The molecule has 1 heteroatoms. The van der Waals surface area contributed by atoms with E-state index in [0.29, 0.717) is 6.04 Å². The average molecular weight is 209 g/mol. The fraction of sp³-hybridized carbons (Fsp3) is 1.00. The molecule has 0 radical (unpaired) electrons. The molecule has 0 amide bonds. The standard InChI is InChI=1S/C14H27N/c1-9-4-5-12(8-10(2)15)14-7-6-13(14)11(9)3/h9-14H,4-8,15H2,1-3H3. The smallest absolute Gasteiger partial charge is 0.00132 e. The molecule has 2 aliphatic carbocycles. The van der Waals surface area contributed by atoms with Gasteiger partial charge in [-0.1, -0.05) is 20.3 Å². The van der Waals surface area contributed by atoms with E-state index in [-0.39, 0.29) is 0 Å². The van der Waals surface area contributed by atoms with E-state index in [9.17, 15) is 0 Å². The average Bonchev–Trinajstić information content (AvgIpc) is 2.15. The molecule has 0 aromatic rings. The minimum atomic E-state index is 0.403. The lowest BCUT2D eigenvalue weighted by atomic mass is 9.61. The maximum absolute atomic E-state index is 5.98. The summed E-state index contributed by atoms with van der Waals surface area (Å²) in [5, 5.41) is 0. The number of fused-ring (bicyclic) bond motifs is 1. The van der Waals surface area contributed by atoms with E-state index in [1.807, 2.05) is 0 Å². The van der Waals surface area contributed by atoms with Crippen LogP contribution in [0.3, 0.4) is 0 Å². The first-order chi connectivity index (χ1) is 7.09. The van der Waals surface area contributed by atoms with Gasteiger partial charge in [0.2, 0.25) is 0 Å². The van der Waals surface area contributed by atoms with Gasteiger partial charge in [0.05, 0.1) is 0 Å². The molecular formula is C14H27N. The topological polar surface area (TPSA) is 26.0 Å². The summed E-state index contributed by atoms with van der Waals surface area (Å²) < 4.78 is 0. The minimum Gasteiger partial charge on any atom is -0.328 e. The van der Waals surface area contributed by atoms with Crippen LogP contribution in [-0.2, 0) is 0 Å². The third-order valence-corrected chi connectivity index (χ3v) is 5.23. The van der Waals surface area contributed by atoms with E-state index in [2.05, 4.69) is 20.8 Å². The Bertz CT molecular complexity index is 211. The summed E-state index contributed by atoms with van der Waals surface area (Å²) >= 11 is 0. The second-order valence-electron chi connectivity index (χ2n) is 6.29. The van der Waals surface area contributed by atoms with E-state index in [1.165, 1.54) is 32.1 Å². The second-order valence-corrected chi connectivity index (χ2v) is 6.29. The predicted molar refractivity (Wildman–Crippen MR) is 65.5 cm³/mol. The van der Waals surface area contributed by atoms with Gasteiger partial charge in [0.25, 0.3) is 0 Å². The molecule has 0 aromatic heterocycles. The van der Waals surface area contributed by atoms with Gasteiger partial charge in [-0.25, -0.2) is 0 Å². The highest BCUT2D eigenvalue weighted by Gasteiger charge is 2.43. The van der Waals surface area contributed by atoms with Crippen molar-refractivity contribution in [2.24, 2.45) is 35.3 Å². The largest absolute Gasteiger partial charge is 0.328 e. The Morgan fingerprint density at radius 3 is 2.27 bits per heavy atom. The molecule has 0 aliphatic heterocycles. The van der Waals surface area contributed by atoms with Gasteiger partial charge in [-0.05, 0) is 62.2 Å². The van der Waals surface area contributed by atoms with Crippen LogP contribution in [0.15, 0.2) is 0 Å². The van der Waals surface area contributed by atoms with Crippen molar-refractivity contribution in [1.29, 1.82) is 0 Å². The molecule has 88 valence electrons. The Balaban J connectivity index is 2.02. The molecule has 1 nitrogen and oxygen atoms in total. The van der Waals surface area contributed by atoms with Crippen molar-refractivity contribution < 1.29 is 0 Å². The van der Waals surface area contributed by atoms with Crippen LogP contribution in [0, 0.1) is 29.6 Å². The van der Waals surface area contributed by atoms with Crippen molar-refractivity contribution in [3.63, 3.8) is 0 Å². The van der Waals surface area contributed by atoms with Crippen molar-refractivity contribution in [2.75, 3.05) is 0 Å². The van der Waals surface area contributed by atoms with E-state index in [0.717, 1.165) is 29.6 Å². The summed E-state index contributed by atoms with van der Waals surface area (Å²) in [6.45, 7) is 7.11. The van der Waals surface area contributed by atoms with Gasteiger partial charge in [0, 0.05) is 6.04 Å². The quantitative estimate of drug-likeness (QED) is 0.741. The van der Waals surface area contributed by atoms with E-state index in [1.54, 1.807) is 0 Å². The van der Waals surface area contributed by atoms with Crippen LogP contribution in [0.4, 0.5) is 0 Å². The van der Waals surface area contributed by atoms with Gasteiger partial charge in [0.15, 0.2) is 0 Å². The molecule has 2 fully saturated rings. The van der Waals surface area contributed by atoms with Crippen molar-refractivity contribution >= 4 is 0 Å². The van der Waals surface area contributed by atoms with Crippen molar-refractivity contribution in [1.82, 2.24) is 0 Å². The Morgan fingerprint density at radius 1 is 1.07 bits per heavy atom. The van der Waals surface area contributed by atoms with Gasteiger partial charge >= 0.3 is 0 Å². The van der Waals surface area contributed by atoms with Crippen LogP contribution in [-0.4, -0.2) is 6.04 Å². The van der Waals surface area contributed by atoms with Crippen molar-refractivity contribution in [3.8, 4) is 0 Å². The fourth-order valence-electron chi connectivity index (χ4n) is 3.94. The Labute approximate surface area is 94.8 Å². The summed E-state index contributed by atoms with van der Waals surface area (Å²) in [5.41, 5.74) is 5.98. The zero-order chi connectivity index (χ0) is 11.0. The molecule has 15 heavy (non-hydrogen) atoms. The molecule has 6 unspecified atom stereocenters. The van der Waals surface area contributed by atoms with Crippen LogP contribution >= 0.6 is 0 Å². The maximum Gasteiger partial charge on any atom is 0.00132 e. The molecule has 0 heterocycles. The lowest BCUT2D eigenvalue weighted by Crippen LogP contribution is -2.37. The van der Waals surface area contributed by atoms with E-state index >= 15 is 0 Å². The zero-order valence-corrected chi connectivity index (χ0v) is 10.6. The summed E-state index contributed by atoms with van der Waals surface area (Å²) in [6.07, 6.45) is 7.12. The normalized spacial score (nSPS) is 47.6. The zero-order valence-electron chi connectivity index (χ0n) is 10.6. The number of nitrogens with two attached hydrogens (primary N) is 1. The third kappa shape index (κ3) is 2.22. The summed E-state index contributed by atoms with van der Waals surface area (Å²) in [4.78, 5) is 0. The Hall–Kier alpha value is -0.0400. The highest BCUT2D eigenvalue weighted by atomic mass is 14.6. The number of hydrogen-bond acceptors (Lipinski definition) is 1. The summed E-state index contributed by atoms with van der Waals surface area (Å²) in [6, 6.07) is 0.403. The van der Waals surface area contributed by atoms with Crippen molar-refractivity contribution in [2.45, 2.75) is 58.9 Å². The molecule has 0 aromatic carbocycles. The van der Waals surface area contributed by atoms with Gasteiger partial charge in [0.1, 0.15) is 0 Å². The fourth-order valence-corrected chi connectivity index (χ4v) is 3.94. The summed E-state index contributed by atoms with van der Waals surface area (Å²) in [7, 11) is 0. The Morgan fingerprint density at radius 2 is 1.73 bits per heavy atom. The van der Waals surface area contributed by atoms with E-state index in [4.69, 9.17) is 5.73 Å². The van der Waals surface area contributed by atoms with Crippen LogP contribution < -0.4 is 5.73 Å². The number of rotatable bonds is 2. The Kier molecular flexibility index (Phi) is 3.39. The molecule has 2 N–H and O–H groups in total. The van der Waals surface area contributed by atoms with E-state index < -0.39 is 0 Å². The predicted octanol–water partition coefficient (Wildman–Crippen LogP) is 3.43. The molecular weight excluding hydrogens is 182 g/mol. The molecule has 0 saturated heterocycles. The molecule has 2 rings (SSSR count). The molecule has 6 atom stereocenters. The lowest BCUT2D eigenvalue weighted by Gasteiger charge is -2.44.